The summed E-state index contributed by atoms with van der Waals surface area (Å²) in [5.74, 6) is -3.57. The van der Waals surface area contributed by atoms with Crippen LogP contribution in [0.4, 0.5) is 19.0 Å². The Morgan fingerprint density at radius 3 is 2.44 bits per heavy atom. The van der Waals surface area contributed by atoms with E-state index >= 15 is 0 Å². The molecule has 1 aliphatic carbocycles. The molecule has 2 aromatic rings. The molecule has 0 fully saturated rings. The number of halogens is 3. The highest BCUT2D eigenvalue weighted by atomic mass is 19.2. The van der Waals surface area contributed by atoms with Gasteiger partial charge < -0.3 is 5.73 Å². The highest BCUT2D eigenvalue weighted by molar-refractivity contribution is 5.49. The molecule has 0 unspecified atom stereocenters. The van der Waals surface area contributed by atoms with Gasteiger partial charge in [-0.3, -0.25) is 0 Å². The zero-order valence-electron chi connectivity index (χ0n) is 9.38. The first-order chi connectivity index (χ1) is 8.58. The van der Waals surface area contributed by atoms with Gasteiger partial charge in [0.05, 0.1) is 5.69 Å². The van der Waals surface area contributed by atoms with E-state index in [1.54, 1.807) is 0 Å². The van der Waals surface area contributed by atoms with Crippen LogP contribution in [0.2, 0.25) is 0 Å². The second-order valence-electron chi connectivity index (χ2n) is 4.30. The Kier molecular flexibility index (Phi) is 2.33. The summed E-state index contributed by atoms with van der Waals surface area (Å²) < 4.78 is 40.7. The van der Waals surface area contributed by atoms with Crippen LogP contribution in [0.5, 0.6) is 0 Å². The fourth-order valence-corrected chi connectivity index (χ4v) is 2.34. The number of rotatable bonds is 1. The van der Waals surface area contributed by atoms with Gasteiger partial charge in [-0.05, 0) is 19.3 Å². The van der Waals surface area contributed by atoms with Gasteiger partial charge >= 0.3 is 0 Å². The Balaban J connectivity index is 2.19. The van der Waals surface area contributed by atoms with E-state index in [2.05, 4.69) is 5.10 Å². The quantitative estimate of drug-likeness (QED) is 0.793. The van der Waals surface area contributed by atoms with Crippen molar-refractivity contribution in [2.75, 3.05) is 5.73 Å². The predicted octanol–water partition coefficient (Wildman–Crippen LogP) is 2.36. The molecule has 1 heterocycles. The van der Waals surface area contributed by atoms with Crippen LogP contribution in [-0.2, 0) is 12.8 Å². The molecule has 6 heteroatoms. The molecule has 94 valence electrons. The molecule has 1 aromatic heterocycles. The number of aromatic nitrogens is 2. The van der Waals surface area contributed by atoms with Crippen molar-refractivity contribution >= 4 is 5.82 Å². The van der Waals surface area contributed by atoms with E-state index in [9.17, 15) is 13.2 Å². The van der Waals surface area contributed by atoms with Gasteiger partial charge in [0.2, 0.25) is 0 Å². The van der Waals surface area contributed by atoms with Crippen LogP contribution in [0.15, 0.2) is 12.1 Å². The fourth-order valence-electron chi connectivity index (χ4n) is 2.34. The van der Waals surface area contributed by atoms with Crippen molar-refractivity contribution in [2.24, 2.45) is 0 Å². The van der Waals surface area contributed by atoms with Crippen LogP contribution in [0, 0.1) is 17.5 Å². The summed E-state index contributed by atoms with van der Waals surface area (Å²) in [5, 5.41) is 4.05. The molecule has 1 aromatic carbocycles. The first-order valence-electron chi connectivity index (χ1n) is 5.59. The van der Waals surface area contributed by atoms with Crippen LogP contribution in [0.25, 0.3) is 5.69 Å². The summed E-state index contributed by atoms with van der Waals surface area (Å²) in [6, 6.07) is 1.84. The highest BCUT2D eigenvalue weighted by Gasteiger charge is 2.23. The maximum Gasteiger partial charge on any atom is 0.194 e. The minimum absolute atomic E-state index is 0.154. The third-order valence-electron chi connectivity index (χ3n) is 3.17. The van der Waals surface area contributed by atoms with Gasteiger partial charge in [-0.25, -0.2) is 17.9 Å². The van der Waals surface area contributed by atoms with Crippen molar-refractivity contribution in [3.63, 3.8) is 0 Å². The van der Waals surface area contributed by atoms with Gasteiger partial charge in [0.15, 0.2) is 17.5 Å². The minimum Gasteiger partial charge on any atom is -0.382 e. The number of fused-ring (bicyclic) bond motifs is 1. The number of nitrogens with zero attached hydrogens (tertiary/aromatic N) is 2. The first-order valence-corrected chi connectivity index (χ1v) is 5.59. The average molecular weight is 253 g/mol. The van der Waals surface area contributed by atoms with Crippen molar-refractivity contribution in [1.29, 1.82) is 0 Å². The molecular weight excluding hydrogens is 243 g/mol. The standard InChI is InChI=1S/C12H10F3N3/c13-8-4-6(5-9(14)11(8)15)18-10-3-1-2-7(10)12(16)17-18/h4-5H,1-3H2,(H2,16,17). The molecule has 18 heavy (non-hydrogen) atoms. The topological polar surface area (TPSA) is 43.8 Å². The zero-order chi connectivity index (χ0) is 12.9. The summed E-state index contributed by atoms with van der Waals surface area (Å²) in [6.07, 6.45) is 2.50. The number of nitrogen functional groups attached to an aromatic ring is 1. The van der Waals surface area contributed by atoms with E-state index in [4.69, 9.17) is 5.73 Å². The molecule has 0 radical (unpaired) electrons. The molecule has 0 saturated carbocycles. The van der Waals surface area contributed by atoms with Gasteiger partial charge in [-0.1, -0.05) is 0 Å². The predicted molar refractivity (Wildman–Crippen MR) is 59.9 cm³/mol. The monoisotopic (exact) mass is 253 g/mol. The van der Waals surface area contributed by atoms with Crippen molar-refractivity contribution in [1.82, 2.24) is 9.78 Å². The molecule has 0 saturated heterocycles. The molecule has 0 atom stereocenters. The Morgan fingerprint density at radius 1 is 1.11 bits per heavy atom. The normalized spacial score (nSPS) is 13.9. The molecule has 3 nitrogen and oxygen atoms in total. The van der Waals surface area contributed by atoms with Crippen molar-refractivity contribution in [2.45, 2.75) is 19.3 Å². The van der Waals surface area contributed by atoms with Crippen LogP contribution in [-0.4, -0.2) is 9.78 Å². The molecule has 1 aliphatic rings. The Labute approximate surface area is 101 Å². The van der Waals surface area contributed by atoms with Gasteiger partial charge in [-0.2, -0.15) is 5.10 Å². The lowest BCUT2D eigenvalue weighted by Crippen LogP contribution is -2.04. The van der Waals surface area contributed by atoms with Crippen molar-refractivity contribution in [3.05, 3.63) is 40.8 Å². The van der Waals surface area contributed by atoms with Gasteiger partial charge in [0.25, 0.3) is 0 Å². The highest BCUT2D eigenvalue weighted by Crippen LogP contribution is 2.29. The lowest BCUT2D eigenvalue weighted by Gasteiger charge is -2.06. The summed E-state index contributed by atoms with van der Waals surface area (Å²) >= 11 is 0. The van der Waals surface area contributed by atoms with Gasteiger partial charge in [0, 0.05) is 23.4 Å². The minimum atomic E-state index is -1.48. The summed E-state index contributed by atoms with van der Waals surface area (Å²) in [4.78, 5) is 0. The maximum absolute atomic E-state index is 13.2. The number of benzene rings is 1. The van der Waals surface area contributed by atoms with Crippen LogP contribution in [0.3, 0.4) is 0 Å². The van der Waals surface area contributed by atoms with Crippen LogP contribution in [0.1, 0.15) is 17.7 Å². The van der Waals surface area contributed by atoms with Crippen LogP contribution < -0.4 is 5.73 Å². The molecule has 0 spiro atoms. The largest absolute Gasteiger partial charge is 0.382 e. The van der Waals surface area contributed by atoms with E-state index in [0.29, 0.717) is 5.82 Å². The van der Waals surface area contributed by atoms with Gasteiger partial charge in [0.1, 0.15) is 5.82 Å². The summed E-state index contributed by atoms with van der Waals surface area (Å²) in [7, 11) is 0. The lowest BCUT2D eigenvalue weighted by molar-refractivity contribution is 0.446. The van der Waals surface area contributed by atoms with Crippen molar-refractivity contribution in [3.8, 4) is 5.69 Å². The van der Waals surface area contributed by atoms with E-state index in [1.807, 2.05) is 0 Å². The summed E-state index contributed by atoms with van der Waals surface area (Å²) in [6.45, 7) is 0. The Morgan fingerprint density at radius 2 is 1.78 bits per heavy atom. The fraction of sp³-hybridized carbons (Fsp3) is 0.250. The second kappa shape index (κ2) is 3.76. The van der Waals surface area contributed by atoms with Crippen LogP contribution >= 0.6 is 0 Å². The first kappa shape index (κ1) is 11.1. The lowest BCUT2D eigenvalue weighted by atomic mass is 10.2. The number of hydrogen-bond donors (Lipinski definition) is 1. The number of anilines is 1. The molecule has 0 aliphatic heterocycles. The molecule has 2 N–H and O–H groups in total. The Bertz CT molecular complexity index is 611. The Hall–Kier alpha value is -1.98. The van der Waals surface area contributed by atoms with E-state index in [-0.39, 0.29) is 5.69 Å². The third-order valence-corrected chi connectivity index (χ3v) is 3.17. The van der Waals surface area contributed by atoms with E-state index in [0.717, 1.165) is 42.7 Å². The van der Waals surface area contributed by atoms with E-state index < -0.39 is 17.5 Å². The summed E-state index contributed by atoms with van der Waals surface area (Å²) in [5.41, 5.74) is 7.66. The SMILES string of the molecule is Nc1nn(-c2cc(F)c(F)c(F)c2)c2c1CCC2. The zero-order valence-corrected chi connectivity index (χ0v) is 9.38. The molecule has 0 amide bonds. The molecule has 3 rings (SSSR count). The molecular formula is C12H10F3N3. The smallest absolute Gasteiger partial charge is 0.194 e. The maximum atomic E-state index is 13.2. The second-order valence-corrected chi connectivity index (χ2v) is 4.30. The number of nitrogens with two attached hydrogens (primary N) is 1. The van der Waals surface area contributed by atoms with Gasteiger partial charge in [-0.15, -0.1) is 0 Å². The number of hydrogen-bond acceptors (Lipinski definition) is 2. The molecule has 0 bridgehead atoms. The third kappa shape index (κ3) is 1.48. The average Bonchev–Trinajstić information content (AvgIpc) is 2.90. The van der Waals surface area contributed by atoms with Crippen molar-refractivity contribution < 1.29 is 13.2 Å². The van der Waals surface area contributed by atoms with E-state index in [1.165, 1.54) is 4.68 Å².